The highest BCUT2D eigenvalue weighted by Gasteiger charge is 2.32. The van der Waals surface area contributed by atoms with E-state index in [4.69, 9.17) is 11.6 Å². The zero-order valence-electron chi connectivity index (χ0n) is 17.6. The summed E-state index contributed by atoms with van der Waals surface area (Å²) in [5.41, 5.74) is 2.59. The van der Waals surface area contributed by atoms with Gasteiger partial charge in [-0.2, -0.15) is 5.10 Å². The van der Waals surface area contributed by atoms with Crippen molar-refractivity contribution in [3.63, 3.8) is 0 Å². The summed E-state index contributed by atoms with van der Waals surface area (Å²) >= 11 is 6.10. The van der Waals surface area contributed by atoms with E-state index in [1.165, 1.54) is 12.1 Å². The van der Waals surface area contributed by atoms with Crippen LogP contribution in [0.2, 0.25) is 5.02 Å². The van der Waals surface area contributed by atoms with E-state index in [0.717, 1.165) is 27.9 Å². The first-order valence-corrected chi connectivity index (χ1v) is 10.8. The number of rotatable bonds is 6. The number of halogens is 1. The number of fused-ring (bicyclic) bond motifs is 1. The molecule has 1 N–H and O–H groups in total. The van der Waals surface area contributed by atoms with E-state index in [2.05, 4.69) is 10.4 Å². The van der Waals surface area contributed by atoms with Crippen LogP contribution in [0.5, 0.6) is 0 Å². The molecule has 164 valence electrons. The zero-order valence-corrected chi connectivity index (χ0v) is 18.4. The molecule has 0 saturated heterocycles. The Labute approximate surface area is 190 Å². The minimum Gasteiger partial charge on any atom is -0.352 e. The van der Waals surface area contributed by atoms with Crippen molar-refractivity contribution in [1.82, 2.24) is 15.1 Å². The van der Waals surface area contributed by atoms with E-state index in [9.17, 15) is 14.4 Å². The second kappa shape index (κ2) is 9.36. The van der Waals surface area contributed by atoms with Gasteiger partial charge < -0.3 is 10.2 Å². The van der Waals surface area contributed by atoms with E-state index in [-0.39, 0.29) is 42.1 Å². The summed E-state index contributed by atoms with van der Waals surface area (Å²) in [6.45, 7) is 2.35. The van der Waals surface area contributed by atoms with Crippen LogP contribution in [0.25, 0.3) is 0 Å². The number of para-hydroxylation sites is 1. The fourth-order valence-electron chi connectivity index (χ4n) is 3.85. The third kappa shape index (κ3) is 4.57. The van der Waals surface area contributed by atoms with Crippen LogP contribution < -0.4 is 15.8 Å². The molecular weight excluding hydrogens is 428 g/mol. The Bertz CT molecular complexity index is 1220. The molecule has 8 heteroatoms. The van der Waals surface area contributed by atoms with Crippen molar-refractivity contribution in [2.24, 2.45) is 0 Å². The predicted octanol–water partition coefficient (Wildman–Crippen LogP) is 3.19. The molecule has 0 aliphatic carbocycles. The van der Waals surface area contributed by atoms with Crippen molar-refractivity contribution < 1.29 is 9.59 Å². The molecule has 2 aromatic carbocycles. The number of aromatic nitrogens is 2. The number of carbonyl (C=O) groups is 2. The Kier molecular flexibility index (Phi) is 6.37. The second-order valence-corrected chi connectivity index (χ2v) is 8.16. The summed E-state index contributed by atoms with van der Waals surface area (Å²) < 4.78 is 1.16. The molecule has 1 aliphatic heterocycles. The highest BCUT2D eigenvalue weighted by atomic mass is 35.5. The molecule has 0 bridgehead atoms. The van der Waals surface area contributed by atoms with Crippen LogP contribution in [-0.2, 0) is 24.3 Å². The Morgan fingerprint density at radius 1 is 1.09 bits per heavy atom. The van der Waals surface area contributed by atoms with Crippen molar-refractivity contribution >= 4 is 29.1 Å². The number of amides is 2. The SMILES string of the molecule is C[C@@H]1Cc2ccccc2N1C(=O)c1ccc(=O)n(CCC(=O)NCc2ccccc2Cl)n1. The summed E-state index contributed by atoms with van der Waals surface area (Å²) in [6, 6.07) is 17.8. The van der Waals surface area contributed by atoms with Gasteiger partial charge in [0.05, 0.1) is 6.54 Å². The number of aryl methyl sites for hydroxylation is 1. The topological polar surface area (TPSA) is 84.3 Å². The minimum atomic E-state index is -0.365. The van der Waals surface area contributed by atoms with E-state index in [1.807, 2.05) is 49.4 Å². The van der Waals surface area contributed by atoms with E-state index >= 15 is 0 Å². The lowest BCUT2D eigenvalue weighted by atomic mass is 10.1. The normalized spacial score (nSPS) is 14.8. The maximum Gasteiger partial charge on any atom is 0.278 e. The lowest BCUT2D eigenvalue weighted by Crippen LogP contribution is -2.38. The number of carbonyl (C=O) groups excluding carboxylic acids is 2. The third-order valence-corrected chi connectivity index (χ3v) is 5.87. The van der Waals surface area contributed by atoms with Gasteiger partial charge in [0.15, 0.2) is 0 Å². The van der Waals surface area contributed by atoms with Gasteiger partial charge in [-0.25, -0.2) is 4.68 Å². The molecule has 3 aromatic rings. The first-order chi connectivity index (χ1) is 15.4. The molecule has 2 heterocycles. The van der Waals surface area contributed by atoms with Gasteiger partial charge in [-0.05, 0) is 42.7 Å². The van der Waals surface area contributed by atoms with Crippen LogP contribution in [0.1, 0.15) is 35.0 Å². The Balaban J connectivity index is 1.43. The number of nitrogens with one attached hydrogen (secondary N) is 1. The molecule has 0 unspecified atom stereocenters. The standard InChI is InChI=1S/C24H23ClN4O3/c1-16-14-17-6-3-5-9-21(17)29(16)24(32)20-10-11-23(31)28(27-20)13-12-22(30)26-15-18-7-2-4-8-19(18)25/h2-11,16H,12-15H2,1H3,(H,26,30)/t16-/m1/s1. The summed E-state index contributed by atoms with van der Waals surface area (Å²) in [4.78, 5) is 39.4. The van der Waals surface area contributed by atoms with Crippen LogP contribution in [-0.4, -0.2) is 27.6 Å². The Morgan fingerprint density at radius 2 is 1.84 bits per heavy atom. The van der Waals surface area contributed by atoms with Crippen molar-refractivity contribution in [2.45, 2.75) is 38.9 Å². The largest absolute Gasteiger partial charge is 0.352 e. The summed E-state index contributed by atoms with van der Waals surface area (Å²) in [5, 5.41) is 7.61. The van der Waals surface area contributed by atoms with E-state index in [0.29, 0.717) is 11.6 Å². The quantitative estimate of drug-likeness (QED) is 0.625. The predicted molar refractivity (Wildman–Crippen MR) is 123 cm³/mol. The molecule has 1 atom stereocenters. The highest BCUT2D eigenvalue weighted by Crippen LogP contribution is 2.32. The van der Waals surface area contributed by atoms with Crippen molar-refractivity contribution in [3.8, 4) is 0 Å². The number of anilines is 1. The molecule has 0 spiro atoms. The van der Waals surface area contributed by atoms with E-state index < -0.39 is 0 Å². The molecule has 7 nitrogen and oxygen atoms in total. The van der Waals surface area contributed by atoms with Crippen molar-refractivity contribution in [2.75, 3.05) is 4.90 Å². The first kappa shape index (κ1) is 21.8. The fraction of sp³-hybridized carbons (Fsp3) is 0.250. The lowest BCUT2D eigenvalue weighted by molar-refractivity contribution is -0.121. The van der Waals surface area contributed by atoms with Gasteiger partial charge in [0.1, 0.15) is 5.69 Å². The van der Waals surface area contributed by atoms with Crippen molar-refractivity contribution in [1.29, 1.82) is 0 Å². The number of benzene rings is 2. The number of hydrogen-bond donors (Lipinski definition) is 1. The number of hydrogen-bond acceptors (Lipinski definition) is 4. The molecule has 32 heavy (non-hydrogen) atoms. The van der Waals surface area contributed by atoms with Gasteiger partial charge in [-0.15, -0.1) is 0 Å². The molecule has 0 fully saturated rings. The molecule has 4 rings (SSSR count). The van der Waals surface area contributed by atoms with Crippen LogP contribution >= 0.6 is 11.6 Å². The van der Waals surface area contributed by atoms with E-state index in [1.54, 1.807) is 11.0 Å². The van der Waals surface area contributed by atoms with Crippen LogP contribution in [0, 0.1) is 0 Å². The molecule has 0 saturated carbocycles. The lowest BCUT2D eigenvalue weighted by Gasteiger charge is -2.22. The summed E-state index contributed by atoms with van der Waals surface area (Å²) in [5.74, 6) is -0.503. The van der Waals surface area contributed by atoms with Gasteiger partial charge in [0, 0.05) is 35.8 Å². The average molecular weight is 451 g/mol. The first-order valence-electron chi connectivity index (χ1n) is 10.4. The molecular formula is C24H23ClN4O3. The van der Waals surface area contributed by atoms with Gasteiger partial charge in [-0.3, -0.25) is 14.4 Å². The third-order valence-electron chi connectivity index (χ3n) is 5.50. The Hall–Kier alpha value is -3.45. The fourth-order valence-corrected chi connectivity index (χ4v) is 4.06. The number of nitrogens with zero attached hydrogens (tertiary/aromatic N) is 3. The maximum atomic E-state index is 13.2. The minimum absolute atomic E-state index is 0.00216. The maximum absolute atomic E-state index is 13.2. The average Bonchev–Trinajstić information content (AvgIpc) is 3.13. The molecule has 1 aliphatic rings. The molecule has 0 radical (unpaired) electrons. The van der Waals surface area contributed by atoms with Crippen LogP contribution in [0.4, 0.5) is 5.69 Å². The van der Waals surface area contributed by atoms with Crippen LogP contribution in [0.15, 0.2) is 65.5 Å². The molecule has 1 aromatic heterocycles. The van der Waals surface area contributed by atoms with Gasteiger partial charge in [-0.1, -0.05) is 48.0 Å². The second-order valence-electron chi connectivity index (χ2n) is 7.76. The highest BCUT2D eigenvalue weighted by molar-refractivity contribution is 6.31. The smallest absolute Gasteiger partial charge is 0.278 e. The van der Waals surface area contributed by atoms with Gasteiger partial charge in [0.25, 0.3) is 11.5 Å². The van der Waals surface area contributed by atoms with Gasteiger partial charge in [0.2, 0.25) is 5.91 Å². The monoisotopic (exact) mass is 450 g/mol. The zero-order chi connectivity index (χ0) is 22.7. The summed E-state index contributed by atoms with van der Waals surface area (Å²) in [7, 11) is 0. The Morgan fingerprint density at radius 3 is 2.66 bits per heavy atom. The van der Waals surface area contributed by atoms with Crippen molar-refractivity contribution in [3.05, 3.63) is 92.9 Å². The van der Waals surface area contributed by atoms with Crippen LogP contribution in [0.3, 0.4) is 0 Å². The summed E-state index contributed by atoms with van der Waals surface area (Å²) in [6.07, 6.45) is 0.825. The van der Waals surface area contributed by atoms with Gasteiger partial charge >= 0.3 is 0 Å². The molecule has 2 amide bonds.